The van der Waals surface area contributed by atoms with Crippen molar-refractivity contribution >= 4 is 38.7 Å². The molecule has 106 valence electrons. The molecule has 4 nitrogen and oxygen atoms in total. The molecule has 0 spiro atoms. The van der Waals surface area contributed by atoms with Gasteiger partial charge in [-0.25, -0.2) is 0 Å². The molecule has 5 heteroatoms. The normalized spacial score (nSPS) is 10.6. The fourth-order valence-electron chi connectivity index (χ4n) is 2.21. The second-order valence-corrected chi connectivity index (χ2v) is 5.75. The maximum absolute atomic E-state index is 12.3. The molecule has 3 rings (SSSR count). The summed E-state index contributed by atoms with van der Waals surface area (Å²) in [6, 6.07) is 13.3. The van der Waals surface area contributed by atoms with Crippen LogP contribution in [0.15, 0.2) is 47.8 Å². The number of amides is 1. The lowest BCUT2D eigenvalue weighted by molar-refractivity contribution is 0.102. The molecule has 21 heavy (non-hydrogen) atoms. The molecule has 1 aromatic heterocycles. The quantitative estimate of drug-likeness (QED) is 0.509. The minimum absolute atomic E-state index is 0.128. The van der Waals surface area contributed by atoms with E-state index in [1.807, 2.05) is 42.6 Å². The second kappa shape index (κ2) is 5.55. The first-order valence-corrected chi connectivity index (χ1v) is 7.41. The molecule has 1 heterocycles. The van der Waals surface area contributed by atoms with Gasteiger partial charge in [0.15, 0.2) is 0 Å². The highest BCUT2D eigenvalue weighted by atomic mass is 32.1. The molecule has 3 aromatic rings. The average molecular weight is 297 g/mol. The average Bonchev–Trinajstić information content (AvgIpc) is 2.94. The zero-order valence-corrected chi connectivity index (χ0v) is 12.3. The van der Waals surface area contributed by atoms with Crippen LogP contribution in [0.2, 0.25) is 0 Å². The number of fused-ring (bicyclic) bond motifs is 1. The zero-order valence-electron chi connectivity index (χ0n) is 11.5. The molecule has 0 saturated carbocycles. The highest BCUT2D eigenvalue weighted by Crippen LogP contribution is 2.24. The first-order valence-electron chi connectivity index (χ1n) is 6.53. The molecule has 0 bridgehead atoms. The van der Waals surface area contributed by atoms with Gasteiger partial charge in [-0.15, -0.1) is 11.3 Å². The van der Waals surface area contributed by atoms with Gasteiger partial charge >= 0.3 is 0 Å². The molecule has 2 aromatic carbocycles. The van der Waals surface area contributed by atoms with E-state index < -0.39 is 0 Å². The number of nitrogens with one attached hydrogen (secondary N) is 2. The third-order valence-electron chi connectivity index (χ3n) is 3.35. The van der Waals surface area contributed by atoms with Crippen molar-refractivity contribution in [1.29, 1.82) is 0 Å². The minimum Gasteiger partial charge on any atom is -0.324 e. The first-order chi connectivity index (χ1) is 10.2. The summed E-state index contributed by atoms with van der Waals surface area (Å²) < 4.78 is 1.21. The smallest absolute Gasteiger partial charge is 0.255 e. The molecular formula is C16H15N3OS. The van der Waals surface area contributed by atoms with E-state index in [0.717, 1.165) is 22.3 Å². The Kier molecular flexibility index (Phi) is 3.60. The van der Waals surface area contributed by atoms with Gasteiger partial charge in [-0.2, -0.15) is 0 Å². The molecule has 0 saturated heterocycles. The Morgan fingerprint density at radius 3 is 2.76 bits per heavy atom. The van der Waals surface area contributed by atoms with Crippen molar-refractivity contribution in [3.05, 3.63) is 59.0 Å². The summed E-state index contributed by atoms with van der Waals surface area (Å²) in [4.78, 5) is 12.3. The lowest BCUT2D eigenvalue weighted by Gasteiger charge is -2.09. The van der Waals surface area contributed by atoms with Gasteiger partial charge < -0.3 is 10.7 Å². The Morgan fingerprint density at radius 1 is 1.14 bits per heavy atom. The van der Waals surface area contributed by atoms with Crippen LogP contribution in [0.25, 0.3) is 10.1 Å². The number of hydrogen-bond donors (Lipinski definition) is 3. The van der Waals surface area contributed by atoms with Crippen LogP contribution in [-0.2, 0) is 0 Å². The van der Waals surface area contributed by atoms with Crippen molar-refractivity contribution in [2.75, 3.05) is 10.7 Å². The molecule has 0 aliphatic heterocycles. The number of rotatable bonds is 3. The standard InChI is InChI=1S/C16H15N3OS/c1-10-8-12(2-4-14(10)19-17)16(20)18-13-3-5-15-11(9-13)6-7-21-15/h2-9,19H,17H2,1H3,(H,18,20). The summed E-state index contributed by atoms with van der Waals surface area (Å²) in [5, 5.41) is 6.09. The lowest BCUT2D eigenvalue weighted by Crippen LogP contribution is -2.13. The number of nitrogen functional groups attached to an aromatic ring is 1. The van der Waals surface area contributed by atoms with Crippen molar-refractivity contribution in [1.82, 2.24) is 0 Å². The highest BCUT2D eigenvalue weighted by molar-refractivity contribution is 7.17. The third kappa shape index (κ3) is 2.74. The monoisotopic (exact) mass is 297 g/mol. The number of hydrogen-bond acceptors (Lipinski definition) is 4. The van der Waals surface area contributed by atoms with Gasteiger partial charge in [0.1, 0.15) is 0 Å². The van der Waals surface area contributed by atoms with E-state index in [1.54, 1.807) is 23.5 Å². The van der Waals surface area contributed by atoms with Gasteiger partial charge in [0, 0.05) is 16.0 Å². The van der Waals surface area contributed by atoms with E-state index in [0.29, 0.717) is 5.56 Å². The van der Waals surface area contributed by atoms with E-state index >= 15 is 0 Å². The Bertz CT molecular complexity index is 810. The lowest BCUT2D eigenvalue weighted by atomic mass is 10.1. The van der Waals surface area contributed by atoms with Gasteiger partial charge in [0.2, 0.25) is 0 Å². The molecule has 0 atom stereocenters. The molecule has 0 aliphatic carbocycles. The number of benzene rings is 2. The summed E-state index contributed by atoms with van der Waals surface area (Å²) in [5.74, 6) is 5.26. The maximum Gasteiger partial charge on any atom is 0.255 e. The Labute approximate surface area is 126 Å². The van der Waals surface area contributed by atoms with Crippen LogP contribution in [0, 0.1) is 6.92 Å². The van der Waals surface area contributed by atoms with Crippen molar-refractivity contribution in [3.63, 3.8) is 0 Å². The first kappa shape index (κ1) is 13.6. The van der Waals surface area contributed by atoms with Crippen molar-refractivity contribution in [2.24, 2.45) is 5.84 Å². The second-order valence-electron chi connectivity index (χ2n) is 4.80. The number of aryl methyl sites for hydroxylation is 1. The van der Waals surface area contributed by atoms with Crippen LogP contribution >= 0.6 is 11.3 Å². The zero-order chi connectivity index (χ0) is 14.8. The highest BCUT2D eigenvalue weighted by Gasteiger charge is 2.08. The minimum atomic E-state index is -0.128. The van der Waals surface area contributed by atoms with Gasteiger partial charge in [-0.1, -0.05) is 0 Å². The van der Waals surface area contributed by atoms with E-state index in [4.69, 9.17) is 5.84 Å². The largest absolute Gasteiger partial charge is 0.324 e. The van der Waals surface area contributed by atoms with Crippen LogP contribution in [0.3, 0.4) is 0 Å². The van der Waals surface area contributed by atoms with Crippen LogP contribution in [0.1, 0.15) is 15.9 Å². The van der Waals surface area contributed by atoms with E-state index in [-0.39, 0.29) is 5.91 Å². The SMILES string of the molecule is Cc1cc(C(=O)Nc2ccc3sccc3c2)ccc1NN. The fraction of sp³-hybridized carbons (Fsp3) is 0.0625. The predicted octanol–water partition coefficient (Wildman–Crippen LogP) is 3.75. The Morgan fingerprint density at radius 2 is 2.00 bits per heavy atom. The number of thiophene rings is 1. The van der Waals surface area contributed by atoms with Crippen molar-refractivity contribution in [2.45, 2.75) is 6.92 Å². The molecule has 0 aliphatic rings. The molecule has 4 N–H and O–H groups in total. The fourth-order valence-corrected chi connectivity index (χ4v) is 2.99. The van der Waals surface area contributed by atoms with Crippen LogP contribution < -0.4 is 16.6 Å². The Balaban J connectivity index is 1.83. The number of anilines is 2. The van der Waals surface area contributed by atoms with Gasteiger partial charge in [-0.3, -0.25) is 10.6 Å². The van der Waals surface area contributed by atoms with Crippen LogP contribution in [0.4, 0.5) is 11.4 Å². The van der Waals surface area contributed by atoms with Crippen LogP contribution in [-0.4, -0.2) is 5.91 Å². The molecule has 1 amide bonds. The molecule has 0 unspecified atom stereocenters. The number of carbonyl (C=O) groups excluding carboxylic acids is 1. The van der Waals surface area contributed by atoms with Gasteiger partial charge in [0.25, 0.3) is 5.91 Å². The Hall–Kier alpha value is -2.37. The van der Waals surface area contributed by atoms with Gasteiger partial charge in [-0.05, 0) is 65.7 Å². The molecule has 0 fully saturated rings. The molecular weight excluding hydrogens is 282 g/mol. The summed E-state index contributed by atoms with van der Waals surface area (Å²) >= 11 is 1.69. The number of nitrogens with two attached hydrogens (primary N) is 1. The van der Waals surface area contributed by atoms with E-state index in [1.165, 1.54) is 4.70 Å². The summed E-state index contributed by atoms with van der Waals surface area (Å²) in [6.07, 6.45) is 0. The number of carbonyl (C=O) groups is 1. The summed E-state index contributed by atoms with van der Waals surface area (Å²) in [6.45, 7) is 1.91. The topological polar surface area (TPSA) is 67.2 Å². The third-order valence-corrected chi connectivity index (χ3v) is 4.25. The van der Waals surface area contributed by atoms with E-state index in [2.05, 4.69) is 10.7 Å². The summed E-state index contributed by atoms with van der Waals surface area (Å²) in [7, 11) is 0. The maximum atomic E-state index is 12.3. The van der Waals surface area contributed by atoms with Crippen molar-refractivity contribution in [3.8, 4) is 0 Å². The van der Waals surface area contributed by atoms with Gasteiger partial charge in [0.05, 0.1) is 5.69 Å². The van der Waals surface area contributed by atoms with Crippen LogP contribution in [0.5, 0.6) is 0 Å². The predicted molar refractivity (Wildman–Crippen MR) is 88.8 cm³/mol. The van der Waals surface area contributed by atoms with Crippen molar-refractivity contribution < 1.29 is 4.79 Å². The van der Waals surface area contributed by atoms with E-state index in [9.17, 15) is 4.79 Å². The summed E-state index contributed by atoms with van der Waals surface area (Å²) in [5.41, 5.74) is 5.74. The number of hydrazine groups is 1. The molecule has 0 radical (unpaired) electrons.